The van der Waals surface area contributed by atoms with Crippen molar-refractivity contribution in [2.75, 3.05) is 50.0 Å². The van der Waals surface area contributed by atoms with Crippen molar-refractivity contribution in [2.45, 2.75) is 19.5 Å². The number of ether oxygens (including phenoxy) is 1. The molecule has 2 aromatic heterocycles. The second-order valence-electron chi connectivity index (χ2n) is 7.93. The number of rotatable bonds is 9. The third-order valence-electron chi connectivity index (χ3n) is 5.17. The van der Waals surface area contributed by atoms with Gasteiger partial charge in [0, 0.05) is 30.7 Å². The van der Waals surface area contributed by atoms with E-state index in [1.807, 2.05) is 6.92 Å². The molecule has 0 atom stereocenters. The van der Waals surface area contributed by atoms with E-state index in [1.165, 1.54) is 17.4 Å². The summed E-state index contributed by atoms with van der Waals surface area (Å²) in [4.78, 5) is 20.9. The Morgan fingerprint density at radius 1 is 1.11 bits per heavy atom. The fourth-order valence-electron chi connectivity index (χ4n) is 3.43. The van der Waals surface area contributed by atoms with Gasteiger partial charge in [0.1, 0.15) is 0 Å². The topological polar surface area (TPSA) is 88.1 Å². The summed E-state index contributed by atoms with van der Waals surface area (Å²) >= 11 is 1.46. The summed E-state index contributed by atoms with van der Waals surface area (Å²) in [5, 5.41) is 6.94. The van der Waals surface area contributed by atoms with Gasteiger partial charge in [-0.15, -0.1) is 11.3 Å². The van der Waals surface area contributed by atoms with E-state index < -0.39 is 11.7 Å². The van der Waals surface area contributed by atoms with Gasteiger partial charge in [-0.05, 0) is 43.7 Å². The minimum atomic E-state index is -4.40. The van der Waals surface area contributed by atoms with Gasteiger partial charge in [-0.1, -0.05) is 18.2 Å². The summed E-state index contributed by atoms with van der Waals surface area (Å²) in [7, 11) is 0. The molecule has 0 saturated carbocycles. The molecule has 0 spiro atoms. The maximum absolute atomic E-state index is 13.0. The lowest BCUT2D eigenvalue weighted by Gasteiger charge is -2.26. The highest BCUT2D eigenvalue weighted by Gasteiger charge is 2.30. The first kappa shape index (κ1) is 25.0. The third kappa shape index (κ3) is 7.70. The number of benzene rings is 1. The van der Waals surface area contributed by atoms with E-state index in [9.17, 15) is 13.2 Å². The van der Waals surface area contributed by atoms with Crippen LogP contribution in [-0.2, 0) is 10.9 Å². The first-order chi connectivity index (χ1) is 16.8. The number of morpholine rings is 1. The molecule has 1 aliphatic rings. The molecule has 0 radical (unpaired) electrons. The number of nitrogens with zero attached hydrogens (tertiary/aromatic N) is 5. The first-order valence-electron chi connectivity index (χ1n) is 11.2. The van der Waals surface area contributed by atoms with Crippen molar-refractivity contribution in [3.63, 3.8) is 0 Å². The highest BCUT2D eigenvalue weighted by Crippen LogP contribution is 2.30. The minimum Gasteiger partial charge on any atom is -0.379 e. The van der Waals surface area contributed by atoms with Gasteiger partial charge in [-0.3, -0.25) is 10.2 Å². The van der Waals surface area contributed by atoms with E-state index >= 15 is 0 Å². The molecule has 12 heteroatoms. The zero-order chi connectivity index (χ0) is 24.7. The molecule has 1 aromatic carbocycles. The molecule has 1 fully saturated rings. The van der Waals surface area contributed by atoms with Crippen LogP contribution in [0.2, 0.25) is 0 Å². The third-order valence-corrected chi connectivity index (χ3v) is 6.00. The zero-order valence-corrected chi connectivity index (χ0v) is 20.0. The van der Waals surface area contributed by atoms with Crippen molar-refractivity contribution < 1.29 is 17.9 Å². The van der Waals surface area contributed by atoms with Gasteiger partial charge in [0.15, 0.2) is 11.0 Å². The molecule has 1 saturated heterocycles. The molecule has 8 nitrogen and oxygen atoms in total. The van der Waals surface area contributed by atoms with Crippen LogP contribution in [0.4, 0.5) is 30.2 Å². The summed E-state index contributed by atoms with van der Waals surface area (Å²) < 4.78 is 44.4. The fourth-order valence-corrected chi connectivity index (χ4v) is 4.09. The Bertz CT molecular complexity index is 1150. The Morgan fingerprint density at radius 3 is 2.66 bits per heavy atom. The molecule has 3 heterocycles. The van der Waals surface area contributed by atoms with Crippen molar-refractivity contribution in [2.24, 2.45) is 0 Å². The predicted octanol–water partition coefficient (Wildman–Crippen LogP) is 4.70. The van der Waals surface area contributed by atoms with Crippen molar-refractivity contribution in [1.29, 1.82) is 0 Å². The van der Waals surface area contributed by atoms with Crippen molar-refractivity contribution >= 4 is 40.5 Å². The quantitative estimate of drug-likeness (QED) is 0.405. The van der Waals surface area contributed by atoms with Crippen LogP contribution in [0.15, 0.2) is 30.5 Å². The summed E-state index contributed by atoms with van der Waals surface area (Å²) in [6, 6.07) is 5.08. The van der Waals surface area contributed by atoms with Crippen molar-refractivity contribution in [3.05, 3.63) is 52.3 Å². The van der Waals surface area contributed by atoms with Gasteiger partial charge < -0.3 is 10.1 Å². The molecular formula is C23H26F3N7OS. The number of nitrogens with one attached hydrogen (secondary N) is 2. The van der Waals surface area contributed by atoms with E-state index in [0.717, 1.165) is 56.3 Å². The smallest absolute Gasteiger partial charge is 0.379 e. The second-order valence-corrected chi connectivity index (χ2v) is 9.17. The highest BCUT2D eigenvalue weighted by molar-refractivity contribution is 7.15. The SMILES string of the molecule is Cc1cnc(Nc2nc(C=Cc3cccc(C(F)(F)F)c3)nc(NCCCN3CCOCC3)n2)s1. The van der Waals surface area contributed by atoms with Gasteiger partial charge in [-0.25, -0.2) is 4.98 Å². The van der Waals surface area contributed by atoms with E-state index in [1.54, 1.807) is 24.4 Å². The second kappa shape index (κ2) is 11.6. The normalized spacial score (nSPS) is 15.0. The van der Waals surface area contributed by atoms with Gasteiger partial charge in [0.25, 0.3) is 0 Å². The van der Waals surface area contributed by atoms with Crippen LogP contribution in [0, 0.1) is 6.92 Å². The number of aryl methyl sites for hydroxylation is 1. The average Bonchev–Trinajstić information content (AvgIpc) is 3.25. The molecule has 0 amide bonds. The number of aromatic nitrogens is 4. The van der Waals surface area contributed by atoms with Gasteiger partial charge in [0.2, 0.25) is 11.9 Å². The van der Waals surface area contributed by atoms with Crippen LogP contribution in [0.1, 0.15) is 28.2 Å². The zero-order valence-electron chi connectivity index (χ0n) is 19.2. The number of thiazole rings is 1. The maximum atomic E-state index is 13.0. The highest BCUT2D eigenvalue weighted by atomic mass is 32.1. The fraction of sp³-hybridized carbons (Fsp3) is 0.391. The van der Waals surface area contributed by atoms with Crippen molar-refractivity contribution in [1.82, 2.24) is 24.8 Å². The lowest BCUT2D eigenvalue weighted by atomic mass is 10.1. The first-order valence-corrected chi connectivity index (χ1v) is 12.0. The maximum Gasteiger partial charge on any atom is 0.416 e. The number of hydrogen-bond acceptors (Lipinski definition) is 9. The summed E-state index contributed by atoms with van der Waals surface area (Å²) in [6.45, 7) is 6.92. The van der Waals surface area contributed by atoms with E-state index in [0.29, 0.717) is 35.0 Å². The van der Waals surface area contributed by atoms with Gasteiger partial charge in [-0.2, -0.15) is 28.1 Å². The molecule has 0 aliphatic carbocycles. The van der Waals surface area contributed by atoms with Crippen LogP contribution in [0.25, 0.3) is 12.2 Å². The number of hydrogen-bond donors (Lipinski definition) is 2. The molecule has 0 bridgehead atoms. The number of halogens is 3. The molecule has 2 N–H and O–H groups in total. The number of anilines is 3. The molecule has 186 valence electrons. The van der Waals surface area contributed by atoms with E-state index in [4.69, 9.17) is 4.74 Å². The standard InChI is InChI=1S/C23H26F3N7OS/c1-16-15-28-22(35-16)32-21-30-19(7-6-17-4-2-5-18(14-17)23(24,25)26)29-20(31-21)27-8-3-9-33-10-12-34-13-11-33/h2,4-7,14-15H,3,8-13H2,1H3,(H2,27,28,29,30,31,32). The molecule has 4 rings (SSSR count). The Kier molecular flexibility index (Phi) is 8.26. The minimum absolute atomic E-state index is 0.300. The van der Waals surface area contributed by atoms with E-state index in [2.05, 4.69) is 35.5 Å². The summed E-state index contributed by atoms with van der Waals surface area (Å²) in [5.74, 6) is 0.985. The Labute approximate surface area is 205 Å². The van der Waals surface area contributed by atoms with Crippen LogP contribution in [0.5, 0.6) is 0 Å². The monoisotopic (exact) mass is 505 g/mol. The number of alkyl halides is 3. The molecule has 3 aromatic rings. The summed E-state index contributed by atoms with van der Waals surface area (Å²) in [6.07, 6.45) is 1.35. The molecular weight excluding hydrogens is 479 g/mol. The van der Waals surface area contributed by atoms with Crippen molar-refractivity contribution in [3.8, 4) is 0 Å². The van der Waals surface area contributed by atoms with Gasteiger partial charge in [0.05, 0.1) is 18.8 Å². The Hall–Kier alpha value is -3.09. The lowest BCUT2D eigenvalue weighted by Crippen LogP contribution is -2.37. The lowest BCUT2D eigenvalue weighted by molar-refractivity contribution is -0.137. The molecule has 35 heavy (non-hydrogen) atoms. The van der Waals surface area contributed by atoms with Crippen LogP contribution in [0.3, 0.4) is 0 Å². The van der Waals surface area contributed by atoms with Crippen LogP contribution < -0.4 is 10.6 Å². The largest absolute Gasteiger partial charge is 0.416 e. The summed E-state index contributed by atoms with van der Waals surface area (Å²) in [5.41, 5.74) is -0.315. The Balaban J connectivity index is 1.47. The molecule has 1 aliphatic heterocycles. The van der Waals surface area contributed by atoms with E-state index in [-0.39, 0.29) is 0 Å². The van der Waals surface area contributed by atoms with Crippen LogP contribution in [-0.4, -0.2) is 64.2 Å². The van der Waals surface area contributed by atoms with Crippen LogP contribution >= 0.6 is 11.3 Å². The predicted molar refractivity (Wildman–Crippen MR) is 131 cm³/mol. The molecule has 0 unspecified atom stereocenters. The average molecular weight is 506 g/mol. The Morgan fingerprint density at radius 2 is 1.91 bits per heavy atom. The van der Waals surface area contributed by atoms with Gasteiger partial charge >= 0.3 is 6.18 Å².